The van der Waals surface area contributed by atoms with Crippen molar-refractivity contribution in [2.75, 3.05) is 19.8 Å². The van der Waals surface area contributed by atoms with Crippen LogP contribution in [0.1, 0.15) is 6.42 Å². The maximum Gasteiger partial charge on any atom is 0.223 e. The van der Waals surface area contributed by atoms with Crippen LogP contribution >= 0.6 is 11.6 Å². The Morgan fingerprint density at radius 3 is 2.45 bits per heavy atom. The van der Waals surface area contributed by atoms with Crippen molar-refractivity contribution in [1.82, 2.24) is 5.32 Å². The van der Waals surface area contributed by atoms with Gasteiger partial charge in [0.15, 0.2) is 0 Å². The van der Waals surface area contributed by atoms with E-state index in [1.54, 1.807) is 12.1 Å². The lowest BCUT2D eigenvalue weighted by molar-refractivity contribution is -0.121. The molecule has 4 nitrogen and oxygen atoms in total. The molecule has 0 bridgehead atoms. The Morgan fingerprint density at radius 2 is 1.68 bits per heavy atom. The molecule has 116 valence electrons. The van der Waals surface area contributed by atoms with E-state index >= 15 is 0 Å². The molecule has 0 aliphatic carbocycles. The van der Waals surface area contributed by atoms with E-state index in [9.17, 15) is 4.79 Å². The van der Waals surface area contributed by atoms with E-state index in [0.29, 0.717) is 37.0 Å². The molecule has 0 aliphatic heterocycles. The van der Waals surface area contributed by atoms with E-state index in [2.05, 4.69) is 5.32 Å². The molecule has 0 fully saturated rings. The van der Waals surface area contributed by atoms with E-state index in [1.807, 2.05) is 42.5 Å². The van der Waals surface area contributed by atoms with E-state index in [0.717, 1.165) is 5.75 Å². The highest BCUT2D eigenvalue weighted by Gasteiger charge is 2.02. The number of para-hydroxylation sites is 1. The average molecular weight is 320 g/mol. The van der Waals surface area contributed by atoms with Crippen molar-refractivity contribution in [1.29, 1.82) is 0 Å². The van der Waals surface area contributed by atoms with Gasteiger partial charge in [-0.05, 0) is 30.3 Å². The molecule has 0 unspecified atom stereocenters. The number of benzene rings is 2. The molecule has 0 radical (unpaired) electrons. The fraction of sp³-hybridized carbons (Fsp3) is 0.235. The molecule has 0 aliphatic rings. The zero-order valence-electron chi connectivity index (χ0n) is 12.1. The lowest BCUT2D eigenvalue weighted by atomic mass is 10.3. The summed E-state index contributed by atoms with van der Waals surface area (Å²) in [6, 6.07) is 16.6. The molecule has 1 N–H and O–H groups in total. The molecule has 1 amide bonds. The van der Waals surface area contributed by atoms with Crippen molar-refractivity contribution >= 4 is 17.5 Å². The second-order valence-corrected chi connectivity index (χ2v) is 5.00. The van der Waals surface area contributed by atoms with Gasteiger partial charge < -0.3 is 14.8 Å². The SMILES string of the molecule is O=C(CCOc1ccccc1)NCCOc1cccc(Cl)c1. The lowest BCUT2D eigenvalue weighted by Gasteiger charge is -2.09. The molecule has 2 aromatic carbocycles. The first-order valence-corrected chi connectivity index (χ1v) is 7.45. The van der Waals surface area contributed by atoms with Crippen LogP contribution < -0.4 is 14.8 Å². The monoisotopic (exact) mass is 319 g/mol. The highest BCUT2D eigenvalue weighted by atomic mass is 35.5. The highest BCUT2D eigenvalue weighted by molar-refractivity contribution is 6.30. The van der Waals surface area contributed by atoms with E-state index < -0.39 is 0 Å². The first-order valence-electron chi connectivity index (χ1n) is 7.07. The summed E-state index contributed by atoms with van der Waals surface area (Å²) < 4.78 is 10.9. The Bertz CT molecular complexity index is 589. The van der Waals surface area contributed by atoms with Gasteiger partial charge in [0.05, 0.1) is 19.6 Å². The Kier molecular flexibility index (Phi) is 6.58. The van der Waals surface area contributed by atoms with Gasteiger partial charge in [0.25, 0.3) is 0 Å². The Balaban J connectivity index is 1.56. The summed E-state index contributed by atoms with van der Waals surface area (Å²) in [5.41, 5.74) is 0. The summed E-state index contributed by atoms with van der Waals surface area (Å²) in [5, 5.41) is 3.40. The first-order chi connectivity index (χ1) is 10.7. The van der Waals surface area contributed by atoms with Crippen molar-refractivity contribution < 1.29 is 14.3 Å². The van der Waals surface area contributed by atoms with Crippen molar-refractivity contribution in [3.05, 3.63) is 59.6 Å². The average Bonchev–Trinajstić information content (AvgIpc) is 2.53. The zero-order valence-corrected chi connectivity index (χ0v) is 12.9. The largest absolute Gasteiger partial charge is 0.493 e. The number of nitrogens with one attached hydrogen (secondary N) is 1. The fourth-order valence-electron chi connectivity index (χ4n) is 1.78. The van der Waals surface area contributed by atoms with Gasteiger partial charge in [-0.1, -0.05) is 35.9 Å². The van der Waals surface area contributed by atoms with Gasteiger partial charge in [-0.15, -0.1) is 0 Å². The Labute approximate surface area is 135 Å². The summed E-state index contributed by atoms with van der Waals surface area (Å²) >= 11 is 5.85. The van der Waals surface area contributed by atoms with Gasteiger partial charge in [0.1, 0.15) is 18.1 Å². The standard InChI is InChI=1S/C17H18ClNO3/c18-14-5-4-8-16(13-14)22-12-10-19-17(20)9-11-21-15-6-2-1-3-7-15/h1-8,13H,9-12H2,(H,19,20). The summed E-state index contributed by atoms with van der Waals surface area (Å²) in [5.74, 6) is 1.39. The van der Waals surface area contributed by atoms with Crippen LogP contribution in [0.3, 0.4) is 0 Å². The fourth-order valence-corrected chi connectivity index (χ4v) is 1.96. The van der Waals surface area contributed by atoms with Crippen molar-refractivity contribution in [2.24, 2.45) is 0 Å². The quantitative estimate of drug-likeness (QED) is 0.759. The minimum Gasteiger partial charge on any atom is -0.493 e. The summed E-state index contributed by atoms with van der Waals surface area (Å²) in [7, 11) is 0. The molecule has 22 heavy (non-hydrogen) atoms. The van der Waals surface area contributed by atoms with Crippen LogP contribution in [0.2, 0.25) is 5.02 Å². The minimum absolute atomic E-state index is 0.0642. The summed E-state index contributed by atoms with van der Waals surface area (Å²) in [6.45, 7) is 1.19. The molecule has 2 aromatic rings. The summed E-state index contributed by atoms with van der Waals surface area (Å²) in [4.78, 5) is 11.6. The topological polar surface area (TPSA) is 47.6 Å². The third-order valence-corrected chi connectivity index (χ3v) is 3.07. The lowest BCUT2D eigenvalue weighted by Crippen LogP contribution is -2.29. The molecule has 0 saturated heterocycles. The smallest absolute Gasteiger partial charge is 0.223 e. The van der Waals surface area contributed by atoms with Crippen molar-refractivity contribution in [3.8, 4) is 11.5 Å². The number of hydrogen-bond donors (Lipinski definition) is 1. The second-order valence-electron chi connectivity index (χ2n) is 4.57. The number of ether oxygens (including phenoxy) is 2. The number of carbonyl (C=O) groups is 1. The maximum absolute atomic E-state index is 11.6. The van der Waals surface area contributed by atoms with Gasteiger partial charge in [-0.25, -0.2) is 0 Å². The first kappa shape index (κ1) is 16.2. The van der Waals surface area contributed by atoms with Gasteiger partial charge in [0.2, 0.25) is 5.91 Å². The van der Waals surface area contributed by atoms with Gasteiger partial charge >= 0.3 is 0 Å². The minimum atomic E-state index is -0.0642. The number of hydrogen-bond acceptors (Lipinski definition) is 3. The molecule has 0 atom stereocenters. The molecule has 0 saturated carbocycles. The number of amides is 1. The van der Waals surface area contributed by atoms with E-state index in [-0.39, 0.29) is 5.91 Å². The maximum atomic E-state index is 11.6. The van der Waals surface area contributed by atoms with Crippen molar-refractivity contribution in [2.45, 2.75) is 6.42 Å². The summed E-state index contributed by atoms with van der Waals surface area (Å²) in [6.07, 6.45) is 0.312. The van der Waals surface area contributed by atoms with Crippen LogP contribution in [0.5, 0.6) is 11.5 Å². The molecule has 2 rings (SSSR count). The van der Waals surface area contributed by atoms with Gasteiger partial charge in [0, 0.05) is 5.02 Å². The zero-order chi connectivity index (χ0) is 15.6. The molecule has 0 spiro atoms. The van der Waals surface area contributed by atoms with Crippen LogP contribution in [-0.4, -0.2) is 25.7 Å². The molecule has 5 heteroatoms. The van der Waals surface area contributed by atoms with Crippen molar-refractivity contribution in [3.63, 3.8) is 0 Å². The van der Waals surface area contributed by atoms with Gasteiger partial charge in [-0.3, -0.25) is 4.79 Å². The molecule has 0 aromatic heterocycles. The second kappa shape index (κ2) is 8.95. The predicted octanol–water partition coefficient (Wildman–Crippen LogP) is 3.30. The molecular weight excluding hydrogens is 302 g/mol. The van der Waals surface area contributed by atoms with E-state index in [1.165, 1.54) is 0 Å². The number of rotatable bonds is 8. The number of carbonyl (C=O) groups excluding carboxylic acids is 1. The van der Waals surface area contributed by atoms with E-state index in [4.69, 9.17) is 21.1 Å². The Morgan fingerprint density at radius 1 is 0.955 bits per heavy atom. The van der Waals surface area contributed by atoms with Crippen LogP contribution in [0.15, 0.2) is 54.6 Å². The third-order valence-electron chi connectivity index (χ3n) is 2.83. The highest BCUT2D eigenvalue weighted by Crippen LogP contribution is 2.16. The van der Waals surface area contributed by atoms with Crippen LogP contribution in [0.25, 0.3) is 0 Å². The van der Waals surface area contributed by atoms with Crippen LogP contribution in [-0.2, 0) is 4.79 Å². The molecular formula is C17H18ClNO3. The van der Waals surface area contributed by atoms with Crippen LogP contribution in [0, 0.1) is 0 Å². The normalized spacial score (nSPS) is 10.0. The Hall–Kier alpha value is -2.20. The molecule has 0 heterocycles. The van der Waals surface area contributed by atoms with Gasteiger partial charge in [-0.2, -0.15) is 0 Å². The number of halogens is 1. The third kappa shape index (κ3) is 6.06. The van der Waals surface area contributed by atoms with Crippen LogP contribution in [0.4, 0.5) is 0 Å². The predicted molar refractivity (Wildman–Crippen MR) is 86.5 cm³/mol.